The van der Waals surface area contributed by atoms with Gasteiger partial charge in [-0.05, 0) is 49.7 Å². The normalized spacial score (nSPS) is 11.8. The van der Waals surface area contributed by atoms with Crippen LogP contribution in [0.25, 0.3) is 5.69 Å². The lowest BCUT2D eigenvalue weighted by Gasteiger charge is -2.16. The standard InChI is InChI=1S/C21H21NO3/c1-16-7-6-8-18(13-16)22-12-11-20(14-21(22)23)24-15-17(2)25-19-9-4-3-5-10-19/h3-14,17H,15H2,1-2H3/t17-/m1/s1. The highest BCUT2D eigenvalue weighted by Gasteiger charge is 2.07. The van der Waals surface area contributed by atoms with Crippen molar-refractivity contribution >= 4 is 0 Å². The molecular formula is C21H21NO3. The summed E-state index contributed by atoms with van der Waals surface area (Å²) in [5, 5.41) is 0. The van der Waals surface area contributed by atoms with Crippen LogP contribution in [0.5, 0.6) is 11.5 Å². The Balaban J connectivity index is 1.64. The van der Waals surface area contributed by atoms with Crippen molar-refractivity contribution < 1.29 is 9.47 Å². The third kappa shape index (κ3) is 4.51. The molecule has 0 aliphatic rings. The molecule has 0 bridgehead atoms. The van der Waals surface area contributed by atoms with E-state index in [-0.39, 0.29) is 11.7 Å². The number of ether oxygens (including phenoxy) is 2. The maximum absolute atomic E-state index is 12.3. The molecule has 0 saturated heterocycles. The zero-order valence-corrected chi connectivity index (χ0v) is 14.4. The Morgan fingerprint density at radius 2 is 1.76 bits per heavy atom. The largest absolute Gasteiger partial charge is 0.489 e. The summed E-state index contributed by atoms with van der Waals surface area (Å²) in [6, 6.07) is 20.7. The van der Waals surface area contributed by atoms with Gasteiger partial charge in [0.1, 0.15) is 24.2 Å². The minimum Gasteiger partial charge on any atom is -0.489 e. The third-order valence-electron chi connectivity index (χ3n) is 3.74. The molecule has 25 heavy (non-hydrogen) atoms. The van der Waals surface area contributed by atoms with Gasteiger partial charge in [0.25, 0.3) is 5.56 Å². The SMILES string of the molecule is Cc1cccc(-n2ccc(OC[C@@H](C)Oc3ccccc3)cc2=O)c1. The molecule has 3 aromatic rings. The first-order chi connectivity index (χ1) is 12.1. The van der Waals surface area contributed by atoms with Crippen LogP contribution in [0.4, 0.5) is 0 Å². The minimum atomic E-state index is -0.125. The van der Waals surface area contributed by atoms with Crippen LogP contribution in [0.3, 0.4) is 0 Å². The Morgan fingerprint density at radius 3 is 2.48 bits per heavy atom. The zero-order valence-electron chi connectivity index (χ0n) is 14.4. The lowest BCUT2D eigenvalue weighted by molar-refractivity contribution is 0.143. The van der Waals surface area contributed by atoms with Crippen LogP contribution < -0.4 is 15.0 Å². The van der Waals surface area contributed by atoms with Crippen molar-refractivity contribution in [3.05, 3.63) is 88.8 Å². The molecule has 0 aliphatic heterocycles. The van der Waals surface area contributed by atoms with Crippen LogP contribution >= 0.6 is 0 Å². The highest BCUT2D eigenvalue weighted by Crippen LogP contribution is 2.14. The fraction of sp³-hybridized carbons (Fsp3) is 0.190. The van der Waals surface area contributed by atoms with E-state index in [0.717, 1.165) is 17.0 Å². The molecule has 1 atom stereocenters. The monoisotopic (exact) mass is 335 g/mol. The molecular weight excluding hydrogens is 314 g/mol. The van der Waals surface area contributed by atoms with Gasteiger partial charge in [-0.15, -0.1) is 0 Å². The quantitative estimate of drug-likeness (QED) is 0.684. The summed E-state index contributed by atoms with van der Waals surface area (Å²) in [5.74, 6) is 1.34. The van der Waals surface area contributed by atoms with Crippen molar-refractivity contribution in [1.82, 2.24) is 4.57 Å². The van der Waals surface area contributed by atoms with E-state index in [1.807, 2.05) is 68.4 Å². The van der Waals surface area contributed by atoms with Crippen molar-refractivity contribution in [2.45, 2.75) is 20.0 Å². The van der Waals surface area contributed by atoms with E-state index in [2.05, 4.69) is 0 Å². The highest BCUT2D eigenvalue weighted by molar-refractivity contribution is 5.36. The summed E-state index contributed by atoms with van der Waals surface area (Å²) in [5.41, 5.74) is 1.83. The van der Waals surface area contributed by atoms with Gasteiger partial charge in [0, 0.05) is 18.0 Å². The van der Waals surface area contributed by atoms with Crippen LogP contribution in [-0.2, 0) is 0 Å². The summed E-state index contributed by atoms with van der Waals surface area (Å²) < 4.78 is 13.1. The predicted molar refractivity (Wildman–Crippen MR) is 98.8 cm³/mol. The molecule has 0 spiro atoms. The van der Waals surface area contributed by atoms with E-state index in [1.54, 1.807) is 16.8 Å². The van der Waals surface area contributed by atoms with Gasteiger partial charge in [-0.3, -0.25) is 9.36 Å². The molecule has 3 rings (SSSR count). The third-order valence-corrected chi connectivity index (χ3v) is 3.74. The molecule has 1 aromatic heterocycles. The molecule has 0 aliphatic carbocycles. The van der Waals surface area contributed by atoms with Crippen molar-refractivity contribution in [3.8, 4) is 17.2 Å². The first-order valence-corrected chi connectivity index (χ1v) is 8.26. The molecule has 0 unspecified atom stereocenters. The lowest BCUT2D eigenvalue weighted by atomic mass is 10.2. The number of hydrogen-bond acceptors (Lipinski definition) is 3. The van der Waals surface area contributed by atoms with E-state index in [0.29, 0.717) is 12.4 Å². The van der Waals surface area contributed by atoms with Gasteiger partial charge in [0.05, 0.1) is 0 Å². The molecule has 128 valence electrons. The fourth-order valence-electron chi connectivity index (χ4n) is 2.52. The van der Waals surface area contributed by atoms with Gasteiger partial charge < -0.3 is 9.47 Å². The van der Waals surface area contributed by atoms with Crippen LogP contribution in [0.1, 0.15) is 12.5 Å². The molecule has 0 N–H and O–H groups in total. The van der Waals surface area contributed by atoms with E-state index in [9.17, 15) is 4.79 Å². The van der Waals surface area contributed by atoms with Crippen molar-refractivity contribution in [2.75, 3.05) is 6.61 Å². The van der Waals surface area contributed by atoms with E-state index in [4.69, 9.17) is 9.47 Å². The first-order valence-electron chi connectivity index (χ1n) is 8.26. The molecule has 2 aromatic carbocycles. The molecule has 0 saturated carbocycles. The second kappa shape index (κ2) is 7.71. The van der Waals surface area contributed by atoms with Gasteiger partial charge >= 0.3 is 0 Å². The molecule has 0 fully saturated rings. The highest BCUT2D eigenvalue weighted by atomic mass is 16.5. The summed E-state index contributed by atoms with van der Waals surface area (Å²) in [6.07, 6.45) is 1.61. The number of pyridine rings is 1. The number of aromatic nitrogens is 1. The van der Waals surface area contributed by atoms with Crippen LogP contribution in [0.2, 0.25) is 0 Å². The van der Waals surface area contributed by atoms with Gasteiger partial charge in [0.2, 0.25) is 0 Å². The molecule has 0 radical (unpaired) electrons. The second-order valence-electron chi connectivity index (χ2n) is 5.96. The average Bonchev–Trinajstić information content (AvgIpc) is 2.61. The maximum atomic E-state index is 12.3. The van der Waals surface area contributed by atoms with Crippen LogP contribution in [0.15, 0.2) is 77.7 Å². The average molecular weight is 335 g/mol. The fourth-order valence-corrected chi connectivity index (χ4v) is 2.52. The Hall–Kier alpha value is -3.01. The number of para-hydroxylation sites is 1. The molecule has 4 nitrogen and oxygen atoms in total. The smallest absolute Gasteiger partial charge is 0.258 e. The van der Waals surface area contributed by atoms with E-state index in [1.165, 1.54) is 6.07 Å². The van der Waals surface area contributed by atoms with Crippen LogP contribution in [-0.4, -0.2) is 17.3 Å². The Kier molecular flexibility index (Phi) is 5.19. The number of aryl methyl sites for hydroxylation is 1. The van der Waals surface area contributed by atoms with E-state index < -0.39 is 0 Å². The zero-order chi connectivity index (χ0) is 17.6. The van der Waals surface area contributed by atoms with Crippen molar-refractivity contribution in [3.63, 3.8) is 0 Å². The van der Waals surface area contributed by atoms with Gasteiger partial charge in [-0.25, -0.2) is 0 Å². The van der Waals surface area contributed by atoms with Crippen molar-refractivity contribution in [1.29, 1.82) is 0 Å². The summed E-state index contributed by atoms with van der Waals surface area (Å²) >= 11 is 0. The molecule has 4 heteroatoms. The summed E-state index contributed by atoms with van der Waals surface area (Å²) in [7, 11) is 0. The predicted octanol–water partition coefficient (Wildman–Crippen LogP) is 3.99. The number of nitrogens with zero attached hydrogens (tertiary/aromatic N) is 1. The summed E-state index contributed by atoms with van der Waals surface area (Å²) in [4.78, 5) is 12.3. The maximum Gasteiger partial charge on any atom is 0.258 e. The van der Waals surface area contributed by atoms with Gasteiger partial charge in [-0.2, -0.15) is 0 Å². The lowest BCUT2D eigenvalue weighted by Crippen LogP contribution is -2.22. The number of benzene rings is 2. The Labute approximate surface area is 147 Å². The topological polar surface area (TPSA) is 40.5 Å². The molecule has 1 heterocycles. The number of hydrogen-bond donors (Lipinski definition) is 0. The molecule has 0 amide bonds. The minimum absolute atomic E-state index is 0.124. The first kappa shape index (κ1) is 16.8. The van der Waals surface area contributed by atoms with E-state index >= 15 is 0 Å². The second-order valence-corrected chi connectivity index (χ2v) is 5.96. The Morgan fingerprint density at radius 1 is 0.960 bits per heavy atom. The summed E-state index contributed by atoms with van der Waals surface area (Å²) in [6.45, 7) is 4.30. The van der Waals surface area contributed by atoms with Gasteiger partial charge in [0.15, 0.2) is 0 Å². The van der Waals surface area contributed by atoms with Gasteiger partial charge in [-0.1, -0.05) is 30.3 Å². The van der Waals surface area contributed by atoms with Crippen molar-refractivity contribution in [2.24, 2.45) is 0 Å². The number of rotatable bonds is 6. The van der Waals surface area contributed by atoms with Crippen LogP contribution in [0, 0.1) is 6.92 Å². The Bertz CT molecular complexity index is 887.